The summed E-state index contributed by atoms with van der Waals surface area (Å²) in [5, 5.41) is 2.91. The molecule has 1 amide bonds. The zero-order valence-electron chi connectivity index (χ0n) is 14.1. The fourth-order valence-electron chi connectivity index (χ4n) is 3.16. The summed E-state index contributed by atoms with van der Waals surface area (Å²) in [6.07, 6.45) is 1.76. The molecule has 6 heteroatoms. The first-order valence-electron chi connectivity index (χ1n) is 8.39. The molecule has 1 N–H and O–H groups in total. The summed E-state index contributed by atoms with van der Waals surface area (Å²) in [5.74, 6) is -0.174. The SMILES string of the molecule is Cc1cc(=O)cc(C(=O)N[C@H]2CCCN(Cc3ccccc3F)C2)o1. The van der Waals surface area contributed by atoms with E-state index < -0.39 is 5.91 Å². The number of carbonyl (C=O) groups excluding carboxylic acids is 1. The van der Waals surface area contributed by atoms with Gasteiger partial charge in [0.15, 0.2) is 11.2 Å². The van der Waals surface area contributed by atoms with Crippen LogP contribution in [0.5, 0.6) is 0 Å². The van der Waals surface area contributed by atoms with Gasteiger partial charge in [0, 0.05) is 36.8 Å². The Morgan fingerprint density at radius 1 is 1.36 bits per heavy atom. The van der Waals surface area contributed by atoms with Crippen LogP contribution in [0.15, 0.2) is 45.6 Å². The van der Waals surface area contributed by atoms with Crippen molar-refractivity contribution in [3.63, 3.8) is 0 Å². The number of carbonyl (C=O) groups is 1. The van der Waals surface area contributed by atoms with Gasteiger partial charge in [0.2, 0.25) is 0 Å². The Balaban J connectivity index is 1.62. The van der Waals surface area contributed by atoms with Gasteiger partial charge in [-0.2, -0.15) is 0 Å². The van der Waals surface area contributed by atoms with Crippen LogP contribution in [0.25, 0.3) is 0 Å². The maximum atomic E-state index is 13.8. The monoisotopic (exact) mass is 344 g/mol. The van der Waals surface area contributed by atoms with E-state index in [0.717, 1.165) is 19.4 Å². The molecule has 1 aromatic heterocycles. The van der Waals surface area contributed by atoms with Gasteiger partial charge in [-0.05, 0) is 32.4 Å². The third kappa shape index (κ3) is 4.54. The largest absolute Gasteiger partial charge is 0.456 e. The number of piperidine rings is 1. The fourth-order valence-corrected chi connectivity index (χ4v) is 3.16. The molecule has 1 saturated heterocycles. The minimum Gasteiger partial charge on any atom is -0.456 e. The lowest BCUT2D eigenvalue weighted by molar-refractivity contribution is 0.0868. The molecule has 0 bridgehead atoms. The van der Waals surface area contributed by atoms with E-state index in [-0.39, 0.29) is 23.0 Å². The van der Waals surface area contributed by atoms with Crippen molar-refractivity contribution in [1.29, 1.82) is 0 Å². The summed E-state index contributed by atoms with van der Waals surface area (Å²) in [6.45, 7) is 3.64. The standard InChI is InChI=1S/C19H21FN2O3/c1-13-9-16(23)10-18(25-13)19(24)21-15-6-4-8-22(12-15)11-14-5-2-3-7-17(14)20/h2-3,5,7,9-10,15H,4,6,8,11-12H2,1H3,(H,21,24)/t15-/m0/s1. The Kier molecular flexibility index (Phi) is 5.28. The molecule has 0 saturated carbocycles. The average molecular weight is 344 g/mol. The molecule has 1 aliphatic rings. The fraction of sp³-hybridized carbons (Fsp3) is 0.368. The van der Waals surface area contributed by atoms with Crippen molar-refractivity contribution >= 4 is 5.91 Å². The molecule has 1 aliphatic heterocycles. The second kappa shape index (κ2) is 7.61. The number of amides is 1. The first-order valence-corrected chi connectivity index (χ1v) is 8.39. The molecular formula is C19H21FN2O3. The second-order valence-electron chi connectivity index (χ2n) is 6.41. The van der Waals surface area contributed by atoms with Crippen LogP contribution < -0.4 is 10.7 Å². The molecule has 2 aromatic rings. The number of nitrogens with zero attached hydrogens (tertiary/aromatic N) is 1. The Labute approximate surface area is 145 Å². The molecular weight excluding hydrogens is 323 g/mol. The molecule has 25 heavy (non-hydrogen) atoms. The van der Waals surface area contributed by atoms with Gasteiger partial charge in [0.1, 0.15) is 11.6 Å². The molecule has 1 fully saturated rings. The van der Waals surface area contributed by atoms with Gasteiger partial charge < -0.3 is 9.73 Å². The quantitative estimate of drug-likeness (QED) is 0.926. The van der Waals surface area contributed by atoms with E-state index in [0.29, 0.717) is 24.4 Å². The minimum atomic E-state index is -0.390. The van der Waals surface area contributed by atoms with Crippen molar-refractivity contribution in [2.45, 2.75) is 32.4 Å². The molecule has 0 aliphatic carbocycles. The molecule has 1 atom stereocenters. The van der Waals surface area contributed by atoms with Crippen LogP contribution >= 0.6 is 0 Å². The van der Waals surface area contributed by atoms with E-state index in [4.69, 9.17) is 4.42 Å². The van der Waals surface area contributed by atoms with Crippen LogP contribution in [-0.4, -0.2) is 29.9 Å². The predicted octanol–water partition coefficient (Wildman–Crippen LogP) is 2.48. The number of likely N-dealkylation sites (tertiary alicyclic amines) is 1. The summed E-state index contributed by atoms with van der Waals surface area (Å²) in [7, 11) is 0. The van der Waals surface area contributed by atoms with Crippen LogP contribution in [0, 0.1) is 12.7 Å². The summed E-state index contributed by atoms with van der Waals surface area (Å²) in [6, 6.07) is 9.21. The Bertz CT molecular complexity index is 818. The highest BCUT2D eigenvalue weighted by Crippen LogP contribution is 2.16. The molecule has 0 unspecified atom stereocenters. The van der Waals surface area contributed by atoms with E-state index in [2.05, 4.69) is 10.2 Å². The average Bonchev–Trinajstić information content (AvgIpc) is 2.56. The Morgan fingerprint density at radius 2 is 2.16 bits per heavy atom. The smallest absolute Gasteiger partial charge is 0.287 e. The highest BCUT2D eigenvalue weighted by atomic mass is 19.1. The van der Waals surface area contributed by atoms with E-state index >= 15 is 0 Å². The highest BCUT2D eigenvalue weighted by Gasteiger charge is 2.23. The number of aryl methyl sites for hydroxylation is 1. The summed E-state index contributed by atoms with van der Waals surface area (Å²) >= 11 is 0. The third-order valence-electron chi connectivity index (χ3n) is 4.31. The topological polar surface area (TPSA) is 62.6 Å². The maximum absolute atomic E-state index is 13.8. The van der Waals surface area contributed by atoms with Crippen LogP contribution in [-0.2, 0) is 6.54 Å². The van der Waals surface area contributed by atoms with Crippen molar-refractivity contribution in [3.8, 4) is 0 Å². The number of hydrogen-bond donors (Lipinski definition) is 1. The second-order valence-corrected chi connectivity index (χ2v) is 6.41. The third-order valence-corrected chi connectivity index (χ3v) is 4.31. The van der Waals surface area contributed by atoms with E-state index in [9.17, 15) is 14.0 Å². The van der Waals surface area contributed by atoms with Crippen molar-refractivity contribution in [2.75, 3.05) is 13.1 Å². The summed E-state index contributed by atoms with van der Waals surface area (Å²) in [5.41, 5.74) is 0.401. The van der Waals surface area contributed by atoms with Gasteiger partial charge >= 0.3 is 0 Å². The number of nitrogens with one attached hydrogen (secondary N) is 1. The zero-order valence-corrected chi connectivity index (χ0v) is 14.1. The van der Waals surface area contributed by atoms with Crippen molar-refractivity contribution in [2.24, 2.45) is 0 Å². The van der Waals surface area contributed by atoms with Gasteiger partial charge in [0.25, 0.3) is 5.91 Å². The van der Waals surface area contributed by atoms with Crippen molar-refractivity contribution < 1.29 is 13.6 Å². The first kappa shape index (κ1) is 17.4. The number of halogens is 1. The van der Waals surface area contributed by atoms with Crippen LogP contribution in [0.4, 0.5) is 4.39 Å². The van der Waals surface area contributed by atoms with Crippen molar-refractivity contribution in [1.82, 2.24) is 10.2 Å². The lowest BCUT2D eigenvalue weighted by Gasteiger charge is -2.33. The Morgan fingerprint density at radius 3 is 2.92 bits per heavy atom. The number of rotatable bonds is 4. The summed E-state index contributed by atoms with van der Waals surface area (Å²) < 4.78 is 19.1. The van der Waals surface area contributed by atoms with Gasteiger partial charge in [-0.25, -0.2) is 4.39 Å². The lowest BCUT2D eigenvalue weighted by atomic mass is 10.0. The minimum absolute atomic E-state index is 0.0243. The van der Waals surface area contributed by atoms with Gasteiger partial charge in [-0.3, -0.25) is 14.5 Å². The normalized spacial score (nSPS) is 18.1. The highest BCUT2D eigenvalue weighted by molar-refractivity contribution is 5.91. The molecule has 2 heterocycles. The first-order chi connectivity index (χ1) is 12.0. The summed E-state index contributed by atoms with van der Waals surface area (Å²) in [4.78, 5) is 25.9. The Hall–Kier alpha value is -2.47. The predicted molar refractivity (Wildman–Crippen MR) is 91.9 cm³/mol. The molecule has 1 aromatic carbocycles. The molecule has 0 spiro atoms. The zero-order chi connectivity index (χ0) is 17.8. The molecule has 132 valence electrons. The van der Waals surface area contributed by atoms with Crippen LogP contribution in [0.3, 0.4) is 0 Å². The van der Waals surface area contributed by atoms with Crippen molar-refractivity contribution in [3.05, 3.63) is 69.5 Å². The van der Waals surface area contributed by atoms with Gasteiger partial charge in [-0.1, -0.05) is 18.2 Å². The molecule has 5 nitrogen and oxygen atoms in total. The van der Waals surface area contributed by atoms with E-state index in [1.54, 1.807) is 19.1 Å². The van der Waals surface area contributed by atoms with Gasteiger partial charge in [-0.15, -0.1) is 0 Å². The molecule has 0 radical (unpaired) electrons. The van der Waals surface area contributed by atoms with Crippen LogP contribution in [0.2, 0.25) is 0 Å². The van der Waals surface area contributed by atoms with E-state index in [1.165, 1.54) is 18.2 Å². The number of hydrogen-bond acceptors (Lipinski definition) is 4. The maximum Gasteiger partial charge on any atom is 0.287 e. The number of benzene rings is 1. The van der Waals surface area contributed by atoms with E-state index in [1.807, 2.05) is 6.07 Å². The van der Waals surface area contributed by atoms with Gasteiger partial charge in [0.05, 0.1) is 0 Å². The molecule has 3 rings (SSSR count). The van der Waals surface area contributed by atoms with Crippen LogP contribution in [0.1, 0.15) is 34.7 Å². The lowest BCUT2D eigenvalue weighted by Crippen LogP contribution is -2.47.